The van der Waals surface area contributed by atoms with Crippen LogP contribution in [0.4, 0.5) is 0 Å². The standard InChI is InChI=1S/C14H12BrNO3/c1-9-6-10(14(17)18)2-5-13(9)19-8-12-4-3-11(15)7-16-12/h2-7H,8H2,1H3,(H,17,18). The highest BCUT2D eigenvalue weighted by Crippen LogP contribution is 2.20. The van der Waals surface area contributed by atoms with Gasteiger partial charge in [0.05, 0.1) is 11.3 Å². The molecule has 2 aromatic rings. The number of aromatic carboxylic acids is 1. The number of aromatic nitrogens is 1. The lowest BCUT2D eigenvalue weighted by Gasteiger charge is -2.09. The molecule has 0 amide bonds. The molecule has 0 aliphatic rings. The van der Waals surface area contributed by atoms with Crippen molar-refractivity contribution < 1.29 is 14.6 Å². The summed E-state index contributed by atoms with van der Waals surface area (Å²) in [6.45, 7) is 2.16. The smallest absolute Gasteiger partial charge is 0.335 e. The first-order valence-corrected chi connectivity index (χ1v) is 6.43. The third-order valence-corrected chi connectivity index (χ3v) is 3.06. The molecule has 4 nitrogen and oxygen atoms in total. The predicted molar refractivity (Wildman–Crippen MR) is 74.4 cm³/mol. The van der Waals surface area contributed by atoms with E-state index in [-0.39, 0.29) is 5.56 Å². The van der Waals surface area contributed by atoms with E-state index in [9.17, 15) is 4.79 Å². The average molecular weight is 322 g/mol. The minimum atomic E-state index is -0.941. The summed E-state index contributed by atoms with van der Waals surface area (Å²) in [6.07, 6.45) is 1.71. The molecule has 1 N–H and O–H groups in total. The Morgan fingerprint density at radius 3 is 2.74 bits per heavy atom. The summed E-state index contributed by atoms with van der Waals surface area (Å²) in [4.78, 5) is 15.0. The molecule has 0 bridgehead atoms. The molecule has 2 rings (SSSR count). The van der Waals surface area contributed by atoms with Crippen molar-refractivity contribution in [1.82, 2.24) is 4.98 Å². The molecule has 1 aromatic carbocycles. The maximum Gasteiger partial charge on any atom is 0.335 e. The zero-order chi connectivity index (χ0) is 13.8. The maximum atomic E-state index is 10.8. The van der Waals surface area contributed by atoms with Crippen molar-refractivity contribution in [3.05, 3.63) is 57.8 Å². The second-order valence-corrected chi connectivity index (χ2v) is 4.96. The van der Waals surface area contributed by atoms with Crippen LogP contribution in [-0.4, -0.2) is 16.1 Å². The number of rotatable bonds is 4. The SMILES string of the molecule is Cc1cc(C(=O)O)ccc1OCc1ccc(Br)cn1. The van der Waals surface area contributed by atoms with Crippen LogP contribution in [0.3, 0.4) is 0 Å². The van der Waals surface area contributed by atoms with E-state index in [1.807, 2.05) is 19.1 Å². The summed E-state index contributed by atoms with van der Waals surface area (Å²) in [5.41, 5.74) is 1.86. The molecule has 98 valence electrons. The van der Waals surface area contributed by atoms with E-state index in [1.165, 1.54) is 6.07 Å². The molecule has 1 aromatic heterocycles. The van der Waals surface area contributed by atoms with Crippen LogP contribution < -0.4 is 4.74 Å². The fraction of sp³-hybridized carbons (Fsp3) is 0.143. The van der Waals surface area contributed by atoms with Crippen LogP contribution in [0, 0.1) is 6.92 Å². The largest absolute Gasteiger partial charge is 0.487 e. The zero-order valence-corrected chi connectivity index (χ0v) is 11.8. The number of aryl methyl sites for hydroxylation is 1. The topological polar surface area (TPSA) is 59.4 Å². The molecule has 0 unspecified atom stereocenters. The molecule has 1 heterocycles. The van der Waals surface area contributed by atoms with Gasteiger partial charge in [-0.25, -0.2) is 4.79 Å². The molecule has 0 saturated carbocycles. The van der Waals surface area contributed by atoms with Crippen molar-refractivity contribution in [2.75, 3.05) is 0 Å². The van der Waals surface area contributed by atoms with Gasteiger partial charge in [0, 0.05) is 10.7 Å². The number of carboxylic acids is 1. The number of carbonyl (C=O) groups is 1. The Kier molecular flexibility index (Phi) is 4.16. The number of nitrogens with zero attached hydrogens (tertiary/aromatic N) is 1. The maximum absolute atomic E-state index is 10.8. The minimum absolute atomic E-state index is 0.256. The van der Waals surface area contributed by atoms with E-state index in [0.29, 0.717) is 12.4 Å². The quantitative estimate of drug-likeness (QED) is 0.937. The predicted octanol–water partition coefficient (Wildman–Crippen LogP) is 3.43. The van der Waals surface area contributed by atoms with Crippen molar-refractivity contribution in [3.63, 3.8) is 0 Å². The summed E-state index contributed by atoms with van der Waals surface area (Å²) in [7, 11) is 0. The van der Waals surface area contributed by atoms with Gasteiger partial charge in [-0.2, -0.15) is 0 Å². The van der Waals surface area contributed by atoms with Crippen LogP contribution in [0.5, 0.6) is 5.75 Å². The molecule has 0 fully saturated rings. The number of halogens is 1. The highest BCUT2D eigenvalue weighted by molar-refractivity contribution is 9.10. The Bertz CT molecular complexity index is 596. The number of hydrogen-bond acceptors (Lipinski definition) is 3. The first kappa shape index (κ1) is 13.5. The molecule has 0 saturated heterocycles. The molecule has 0 atom stereocenters. The van der Waals surface area contributed by atoms with E-state index in [1.54, 1.807) is 18.3 Å². The van der Waals surface area contributed by atoms with Gasteiger partial charge >= 0.3 is 5.97 Å². The van der Waals surface area contributed by atoms with Crippen LogP contribution in [0.25, 0.3) is 0 Å². The fourth-order valence-electron chi connectivity index (χ4n) is 1.59. The van der Waals surface area contributed by atoms with Gasteiger partial charge in [0.2, 0.25) is 0 Å². The monoisotopic (exact) mass is 321 g/mol. The summed E-state index contributed by atoms with van der Waals surface area (Å²) < 4.78 is 6.54. The van der Waals surface area contributed by atoms with E-state index in [4.69, 9.17) is 9.84 Å². The van der Waals surface area contributed by atoms with Gasteiger partial charge in [-0.15, -0.1) is 0 Å². The number of carboxylic acid groups (broad SMARTS) is 1. The second-order valence-electron chi connectivity index (χ2n) is 4.04. The number of ether oxygens (including phenoxy) is 1. The molecular weight excluding hydrogens is 310 g/mol. The normalized spacial score (nSPS) is 10.2. The number of hydrogen-bond donors (Lipinski definition) is 1. The van der Waals surface area contributed by atoms with Crippen molar-refractivity contribution in [3.8, 4) is 5.75 Å². The second kappa shape index (κ2) is 5.84. The van der Waals surface area contributed by atoms with E-state index < -0.39 is 5.97 Å². The van der Waals surface area contributed by atoms with E-state index >= 15 is 0 Å². The lowest BCUT2D eigenvalue weighted by molar-refractivity contribution is 0.0696. The zero-order valence-electron chi connectivity index (χ0n) is 10.3. The Labute approximate surface area is 119 Å². The van der Waals surface area contributed by atoms with E-state index in [2.05, 4.69) is 20.9 Å². The number of pyridine rings is 1. The van der Waals surface area contributed by atoms with Gasteiger partial charge < -0.3 is 9.84 Å². The van der Waals surface area contributed by atoms with Crippen molar-refractivity contribution in [1.29, 1.82) is 0 Å². The molecule has 0 radical (unpaired) electrons. The van der Waals surface area contributed by atoms with Crippen LogP contribution in [0.2, 0.25) is 0 Å². The Hall–Kier alpha value is -1.88. The Morgan fingerprint density at radius 1 is 1.37 bits per heavy atom. The van der Waals surface area contributed by atoms with Crippen LogP contribution >= 0.6 is 15.9 Å². The van der Waals surface area contributed by atoms with Crippen molar-refractivity contribution >= 4 is 21.9 Å². The third-order valence-electron chi connectivity index (χ3n) is 2.59. The first-order valence-electron chi connectivity index (χ1n) is 5.63. The van der Waals surface area contributed by atoms with Gasteiger partial charge in [0.15, 0.2) is 0 Å². The highest BCUT2D eigenvalue weighted by Gasteiger charge is 2.06. The van der Waals surface area contributed by atoms with Gasteiger partial charge in [-0.3, -0.25) is 4.98 Å². The highest BCUT2D eigenvalue weighted by atomic mass is 79.9. The van der Waals surface area contributed by atoms with Gasteiger partial charge in [0.25, 0.3) is 0 Å². The fourth-order valence-corrected chi connectivity index (χ4v) is 1.82. The molecule has 0 aliphatic carbocycles. The van der Waals surface area contributed by atoms with Crippen LogP contribution in [0.15, 0.2) is 41.0 Å². The number of benzene rings is 1. The van der Waals surface area contributed by atoms with Gasteiger partial charge in [-0.05, 0) is 58.7 Å². The van der Waals surface area contributed by atoms with Crippen molar-refractivity contribution in [2.45, 2.75) is 13.5 Å². The molecule has 0 spiro atoms. The Morgan fingerprint density at radius 2 is 2.16 bits per heavy atom. The van der Waals surface area contributed by atoms with E-state index in [0.717, 1.165) is 15.7 Å². The van der Waals surface area contributed by atoms with Gasteiger partial charge in [-0.1, -0.05) is 0 Å². The van der Waals surface area contributed by atoms with Crippen molar-refractivity contribution in [2.24, 2.45) is 0 Å². The molecular formula is C14H12BrNO3. The molecule has 0 aliphatic heterocycles. The third kappa shape index (κ3) is 3.54. The lowest BCUT2D eigenvalue weighted by Crippen LogP contribution is -2.01. The molecule has 19 heavy (non-hydrogen) atoms. The summed E-state index contributed by atoms with van der Waals surface area (Å²) in [6, 6.07) is 8.54. The molecule has 5 heteroatoms. The lowest BCUT2D eigenvalue weighted by atomic mass is 10.1. The summed E-state index contributed by atoms with van der Waals surface area (Å²) >= 11 is 3.32. The summed E-state index contributed by atoms with van der Waals surface area (Å²) in [5.74, 6) is -0.279. The first-order chi connectivity index (χ1) is 9.06. The summed E-state index contributed by atoms with van der Waals surface area (Å²) in [5, 5.41) is 8.88. The van der Waals surface area contributed by atoms with Crippen LogP contribution in [-0.2, 0) is 6.61 Å². The minimum Gasteiger partial charge on any atom is -0.487 e. The average Bonchev–Trinajstić information content (AvgIpc) is 2.39. The Balaban J connectivity index is 2.07. The van der Waals surface area contributed by atoms with Crippen LogP contribution in [0.1, 0.15) is 21.6 Å². The van der Waals surface area contributed by atoms with Gasteiger partial charge in [0.1, 0.15) is 12.4 Å².